The average molecular weight is 425 g/mol. The van der Waals surface area contributed by atoms with Gasteiger partial charge in [-0.3, -0.25) is 4.79 Å². The van der Waals surface area contributed by atoms with Crippen LogP contribution in [0, 0.1) is 0 Å². The minimum absolute atomic E-state index is 0.118. The molecule has 0 N–H and O–H groups in total. The first-order chi connectivity index (χ1) is 13.0. The number of benzene rings is 1. The molecule has 0 radical (unpaired) electrons. The van der Waals surface area contributed by atoms with Crippen LogP contribution in [0.1, 0.15) is 31.2 Å². The largest absolute Gasteiger partial charge is 0.311 e. The van der Waals surface area contributed by atoms with Gasteiger partial charge in [-0.05, 0) is 49.4 Å². The van der Waals surface area contributed by atoms with Gasteiger partial charge in [-0.25, -0.2) is 8.42 Å². The van der Waals surface area contributed by atoms with Gasteiger partial charge in [0.1, 0.15) is 10.3 Å². The lowest BCUT2D eigenvalue weighted by atomic mass is 9.98. The van der Waals surface area contributed by atoms with Crippen LogP contribution in [0.3, 0.4) is 0 Å². The Labute approximate surface area is 168 Å². The molecule has 1 aromatic heterocycles. The molecule has 2 aliphatic rings. The first-order valence-corrected chi connectivity index (χ1v) is 11.8. The van der Waals surface area contributed by atoms with Crippen LogP contribution in [-0.4, -0.2) is 37.8 Å². The van der Waals surface area contributed by atoms with E-state index in [0.717, 1.165) is 48.3 Å². The molecule has 3 heterocycles. The van der Waals surface area contributed by atoms with Crippen molar-refractivity contribution >= 4 is 44.6 Å². The predicted molar refractivity (Wildman–Crippen MR) is 108 cm³/mol. The van der Waals surface area contributed by atoms with Crippen LogP contribution in [-0.2, 0) is 21.2 Å². The fraction of sp³-hybridized carbons (Fsp3) is 0.421. The normalized spacial score (nSPS) is 21.1. The Morgan fingerprint density at radius 2 is 1.89 bits per heavy atom. The number of hydrogen-bond acceptors (Lipinski definition) is 4. The van der Waals surface area contributed by atoms with Crippen LogP contribution < -0.4 is 4.90 Å². The summed E-state index contributed by atoms with van der Waals surface area (Å²) in [6.45, 7) is 0.995. The van der Waals surface area contributed by atoms with Crippen molar-refractivity contribution in [3.63, 3.8) is 0 Å². The van der Waals surface area contributed by atoms with Gasteiger partial charge in [0.05, 0.1) is 4.34 Å². The summed E-state index contributed by atoms with van der Waals surface area (Å²) in [6.07, 6.45) is 4.00. The Hall–Kier alpha value is -1.41. The summed E-state index contributed by atoms with van der Waals surface area (Å²) < 4.78 is 28.3. The van der Waals surface area contributed by atoms with Crippen LogP contribution in [0.2, 0.25) is 4.34 Å². The maximum atomic E-state index is 13.4. The number of fused-ring (bicyclic) bond motifs is 1. The van der Waals surface area contributed by atoms with Gasteiger partial charge in [0.25, 0.3) is 10.0 Å². The number of anilines is 1. The van der Waals surface area contributed by atoms with Gasteiger partial charge in [-0.15, -0.1) is 11.3 Å². The van der Waals surface area contributed by atoms with Gasteiger partial charge in [0.2, 0.25) is 5.91 Å². The number of aryl methyl sites for hydroxylation is 1. The van der Waals surface area contributed by atoms with Crippen LogP contribution >= 0.6 is 22.9 Å². The van der Waals surface area contributed by atoms with Crippen LogP contribution in [0.25, 0.3) is 0 Å². The highest BCUT2D eigenvalue weighted by Crippen LogP contribution is 2.34. The van der Waals surface area contributed by atoms with Gasteiger partial charge < -0.3 is 4.90 Å². The van der Waals surface area contributed by atoms with E-state index in [1.54, 1.807) is 11.0 Å². The molecule has 0 spiro atoms. The molecule has 0 bridgehead atoms. The number of rotatable bonds is 3. The summed E-state index contributed by atoms with van der Waals surface area (Å²) in [5, 5.41) is 0. The lowest BCUT2D eigenvalue weighted by Crippen LogP contribution is -2.53. The number of thiophene rings is 1. The zero-order chi connectivity index (χ0) is 19.0. The van der Waals surface area contributed by atoms with Crippen molar-refractivity contribution in [1.82, 2.24) is 4.31 Å². The van der Waals surface area contributed by atoms with E-state index < -0.39 is 16.1 Å². The molecule has 1 amide bonds. The third kappa shape index (κ3) is 3.53. The summed E-state index contributed by atoms with van der Waals surface area (Å²) in [5.74, 6) is -0.118. The molecule has 0 saturated carbocycles. The number of halogens is 1. The number of hydrogen-bond donors (Lipinski definition) is 0. The smallest absolute Gasteiger partial charge is 0.253 e. The van der Waals surface area contributed by atoms with E-state index in [1.807, 2.05) is 24.3 Å². The molecule has 2 aliphatic heterocycles. The average Bonchev–Trinajstić information content (AvgIpc) is 3.14. The van der Waals surface area contributed by atoms with E-state index in [0.29, 0.717) is 23.8 Å². The Morgan fingerprint density at radius 1 is 1.07 bits per heavy atom. The molecular formula is C19H21ClN2O3S2. The zero-order valence-electron chi connectivity index (χ0n) is 14.8. The van der Waals surface area contributed by atoms with E-state index in [-0.39, 0.29) is 10.1 Å². The molecule has 27 heavy (non-hydrogen) atoms. The quantitative estimate of drug-likeness (QED) is 0.750. The molecule has 2 aromatic rings. The highest BCUT2D eigenvalue weighted by atomic mass is 35.5. The monoisotopic (exact) mass is 424 g/mol. The lowest BCUT2D eigenvalue weighted by Gasteiger charge is -2.38. The fourth-order valence-corrected chi connectivity index (χ4v) is 7.20. The summed E-state index contributed by atoms with van der Waals surface area (Å²) in [5.41, 5.74) is 2.06. The van der Waals surface area contributed by atoms with Crippen molar-refractivity contribution < 1.29 is 13.2 Å². The predicted octanol–water partition coefficient (Wildman–Crippen LogP) is 3.92. The van der Waals surface area contributed by atoms with Crippen molar-refractivity contribution in [2.75, 3.05) is 18.0 Å². The summed E-state index contributed by atoms with van der Waals surface area (Å²) >= 11 is 6.98. The van der Waals surface area contributed by atoms with Crippen LogP contribution in [0.4, 0.5) is 5.69 Å². The lowest BCUT2D eigenvalue weighted by molar-refractivity contribution is -0.123. The summed E-state index contributed by atoms with van der Waals surface area (Å²) in [6, 6.07) is 10.3. The number of carbonyl (C=O) groups is 1. The Balaban J connectivity index is 1.66. The number of para-hydroxylation sites is 1. The molecule has 8 heteroatoms. The van der Waals surface area contributed by atoms with Crippen molar-refractivity contribution in [2.45, 2.75) is 42.4 Å². The first kappa shape index (κ1) is 18.9. The van der Waals surface area contributed by atoms with Gasteiger partial charge >= 0.3 is 0 Å². The summed E-state index contributed by atoms with van der Waals surface area (Å²) in [7, 11) is -3.73. The second kappa shape index (κ2) is 7.54. The molecule has 1 saturated heterocycles. The number of nitrogens with zero attached hydrogens (tertiary/aromatic N) is 2. The third-order valence-corrected chi connectivity index (χ3v) is 8.83. The van der Waals surface area contributed by atoms with E-state index >= 15 is 0 Å². The Morgan fingerprint density at radius 3 is 2.67 bits per heavy atom. The molecule has 1 fully saturated rings. The second-order valence-electron chi connectivity index (χ2n) is 6.91. The SMILES string of the molecule is O=C(C1CCCCN1S(=O)(=O)c1ccc(Cl)s1)N1CCCc2ccccc21. The standard InChI is InChI=1S/C19H21ClN2O3S2/c20-17-10-11-18(26-17)27(24,25)22-13-4-3-9-16(22)19(23)21-12-5-7-14-6-1-2-8-15(14)21/h1-2,6,8,10-11,16H,3-5,7,9,12-13H2. The molecule has 5 nitrogen and oxygen atoms in total. The second-order valence-corrected chi connectivity index (χ2v) is 10.7. The molecule has 1 unspecified atom stereocenters. The van der Waals surface area contributed by atoms with Crippen molar-refractivity contribution in [1.29, 1.82) is 0 Å². The number of sulfonamides is 1. The van der Waals surface area contributed by atoms with Crippen LogP contribution in [0.15, 0.2) is 40.6 Å². The third-order valence-electron chi connectivity index (χ3n) is 5.23. The van der Waals surface area contributed by atoms with Crippen molar-refractivity contribution in [2.24, 2.45) is 0 Å². The maximum Gasteiger partial charge on any atom is 0.253 e. The number of carbonyl (C=O) groups excluding carboxylic acids is 1. The molecule has 1 atom stereocenters. The molecule has 4 rings (SSSR count). The summed E-state index contributed by atoms with van der Waals surface area (Å²) in [4.78, 5) is 15.2. The highest BCUT2D eigenvalue weighted by molar-refractivity contribution is 7.91. The fourth-order valence-electron chi connectivity index (χ4n) is 3.93. The molecular weight excluding hydrogens is 404 g/mol. The number of piperidine rings is 1. The van der Waals surface area contributed by atoms with Crippen LogP contribution in [0.5, 0.6) is 0 Å². The highest BCUT2D eigenvalue weighted by Gasteiger charge is 2.41. The van der Waals surface area contributed by atoms with E-state index in [1.165, 1.54) is 10.4 Å². The minimum atomic E-state index is -3.73. The Kier molecular flexibility index (Phi) is 5.29. The first-order valence-electron chi connectivity index (χ1n) is 9.15. The molecule has 1 aromatic carbocycles. The molecule has 0 aliphatic carbocycles. The van der Waals surface area contributed by atoms with Crippen molar-refractivity contribution in [3.05, 3.63) is 46.3 Å². The molecule has 144 valence electrons. The minimum Gasteiger partial charge on any atom is -0.311 e. The van der Waals surface area contributed by atoms with Gasteiger partial charge in [-0.2, -0.15) is 4.31 Å². The van der Waals surface area contributed by atoms with E-state index in [2.05, 4.69) is 0 Å². The van der Waals surface area contributed by atoms with E-state index in [9.17, 15) is 13.2 Å². The van der Waals surface area contributed by atoms with E-state index in [4.69, 9.17) is 11.6 Å². The topological polar surface area (TPSA) is 57.7 Å². The van der Waals surface area contributed by atoms with Crippen molar-refractivity contribution in [3.8, 4) is 0 Å². The number of amides is 1. The zero-order valence-corrected chi connectivity index (χ0v) is 17.2. The van der Waals surface area contributed by atoms with Gasteiger partial charge in [-0.1, -0.05) is 36.2 Å². The van der Waals surface area contributed by atoms with Gasteiger partial charge in [0, 0.05) is 18.8 Å². The Bertz CT molecular complexity index is 957. The maximum absolute atomic E-state index is 13.4. The van der Waals surface area contributed by atoms with Gasteiger partial charge in [0.15, 0.2) is 0 Å².